The summed E-state index contributed by atoms with van der Waals surface area (Å²) >= 11 is 0. The highest BCUT2D eigenvalue weighted by Gasteiger charge is 2.32. The molecule has 0 spiro atoms. The molecule has 2 atom stereocenters. The molecular weight excluding hydrogens is 258 g/mol. The third kappa shape index (κ3) is 3.55. The minimum absolute atomic E-state index is 0.299. The van der Waals surface area contributed by atoms with Gasteiger partial charge in [-0.2, -0.15) is 0 Å². The van der Waals surface area contributed by atoms with E-state index in [0.717, 1.165) is 24.1 Å². The van der Waals surface area contributed by atoms with Crippen LogP contribution in [-0.4, -0.2) is 29.8 Å². The molecule has 1 saturated heterocycles. The number of likely N-dealkylation sites (tertiary alicyclic amines) is 1. The van der Waals surface area contributed by atoms with Gasteiger partial charge in [-0.15, -0.1) is 0 Å². The number of hydrogen-bond donors (Lipinski definition) is 0. The number of carbonyl (C=O) groups is 1. The quantitative estimate of drug-likeness (QED) is 0.772. The minimum Gasteiger partial charge on any atom is -0.300 e. The summed E-state index contributed by atoms with van der Waals surface area (Å²) in [6.45, 7) is 4.21. The maximum atomic E-state index is 12.3. The van der Waals surface area contributed by atoms with Crippen LogP contribution in [0.1, 0.15) is 60.9 Å². The van der Waals surface area contributed by atoms with E-state index in [4.69, 9.17) is 0 Å². The van der Waals surface area contributed by atoms with Crippen molar-refractivity contribution in [2.45, 2.75) is 57.9 Å². The van der Waals surface area contributed by atoms with Gasteiger partial charge in [-0.25, -0.2) is 0 Å². The van der Waals surface area contributed by atoms with Crippen LogP contribution in [0.5, 0.6) is 0 Å². The van der Waals surface area contributed by atoms with Gasteiger partial charge in [0.2, 0.25) is 0 Å². The lowest BCUT2D eigenvalue weighted by Crippen LogP contribution is -2.47. The lowest BCUT2D eigenvalue weighted by atomic mass is 9.78. The highest BCUT2D eigenvalue weighted by molar-refractivity contribution is 5.96. The summed E-state index contributed by atoms with van der Waals surface area (Å²) in [5.74, 6) is 1.20. The topological polar surface area (TPSA) is 20.3 Å². The molecule has 1 aromatic rings. The average Bonchev–Trinajstić information content (AvgIpc) is 2.53. The van der Waals surface area contributed by atoms with Crippen LogP contribution in [0.4, 0.5) is 0 Å². The van der Waals surface area contributed by atoms with E-state index >= 15 is 0 Å². The van der Waals surface area contributed by atoms with Gasteiger partial charge in [-0.3, -0.25) is 9.69 Å². The van der Waals surface area contributed by atoms with Crippen molar-refractivity contribution in [2.24, 2.45) is 5.92 Å². The van der Waals surface area contributed by atoms with Crippen LogP contribution in [-0.2, 0) is 0 Å². The number of hydrogen-bond acceptors (Lipinski definition) is 2. The van der Waals surface area contributed by atoms with E-state index in [-0.39, 0.29) is 0 Å². The average molecular weight is 285 g/mol. The zero-order valence-corrected chi connectivity index (χ0v) is 13.2. The van der Waals surface area contributed by atoms with Gasteiger partial charge in [0.1, 0.15) is 0 Å². The second kappa shape index (κ2) is 6.74. The van der Waals surface area contributed by atoms with E-state index in [2.05, 4.69) is 11.8 Å². The summed E-state index contributed by atoms with van der Waals surface area (Å²) < 4.78 is 0. The molecule has 1 heterocycles. The first-order valence-corrected chi connectivity index (χ1v) is 8.58. The number of aryl methyl sites for hydroxylation is 1. The Kier molecular flexibility index (Phi) is 4.74. The van der Waals surface area contributed by atoms with Gasteiger partial charge in [0.25, 0.3) is 0 Å². The normalized spacial score (nSPS) is 26.3. The minimum atomic E-state index is 0.299. The third-order valence-corrected chi connectivity index (χ3v) is 5.36. The Morgan fingerprint density at radius 3 is 2.62 bits per heavy atom. The third-order valence-electron chi connectivity index (χ3n) is 5.36. The predicted octanol–water partition coefficient (Wildman–Crippen LogP) is 4.22. The Bertz CT molecular complexity index is 477. The van der Waals surface area contributed by atoms with Crippen molar-refractivity contribution >= 4 is 5.78 Å². The summed E-state index contributed by atoms with van der Waals surface area (Å²) in [5.41, 5.74) is 2.09. The van der Waals surface area contributed by atoms with Crippen molar-refractivity contribution in [3.63, 3.8) is 0 Å². The number of Topliss-reactive ketones (excluding diaryl/α,β-unsaturated/α-hetero) is 1. The van der Waals surface area contributed by atoms with E-state index in [9.17, 15) is 4.79 Å². The fourth-order valence-corrected chi connectivity index (χ4v) is 4.13. The first-order valence-electron chi connectivity index (χ1n) is 8.58. The number of nitrogens with zero attached hydrogens (tertiary/aromatic N) is 1. The lowest BCUT2D eigenvalue weighted by Gasteiger charge is -2.44. The number of carbonyl (C=O) groups excluding carboxylic acids is 1. The van der Waals surface area contributed by atoms with E-state index < -0.39 is 0 Å². The van der Waals surface area contributed by atoms with E-state index in [1.807, 2.05) is 24.3 Å². The Hall–Kier alpha value is -1.15. The fourth-order valence-electron chi connectivity index (χ4n) is 4.13. The second-order valence-corrected chi connectivity index (χ2v) is 6.83. The molecule has 0 radical (unpaired) electrons. The maximum absolute atomic E-state index is 12.3. The number of piperidine rings is 1. The van der Waals surface area contributed by atoms with Crippen molar-refractivity contribution in [3.05, 3.63) is 35.4 Å². The Morgan fingerprint density at radius 2 is 1.81 bits per heavy atom. The smallest absolute Gasteiger partial charge is 0.164 e. The molecule has 2 heteroatoms. The Labute approximate surface area is 128 Å². The summed E-state index contributed by atoms with van der Waals surface area (Å²) in [5, 5.41) is 0. The zero-order chi connectivity index (χ0) is 14.7. The van der Waals surface area contributed by atoms with E-state index in [1.54, 1.807) is 0 Å². The number of fused-ring (bicyclic) bond motifs is 1. The molecule has 0 aromatic heterocycles. The molecule has 114 valence electrons. The summed E-state index contributed by atoms with van der Waals surface area (Å²) in [6.07, 6.45) is 8.95. The summed E-state index contributed by atoms with van der Waals surface area (Å²) in [6, 6.07) is 8.77. The van der Waals surface area contributed by atoms with Gasteiger partial charge in [0, 0.05) is 24.6 Å². The van der Waals surface area contributed by atoms with Crippen molar-refractivity contribution in [2.75, 3.05) is 13.1 Å². The molecule has 0 amide bonds. The molecule has 3 rings (SSSR count). The van der Waals surface area contributed by atoms with Crippen LogP contribution in [0.25, 0.3) is 0 Å². The molecule has 2 aliphatic rings. The van der Waals surface area contributed by atoms with Gasteiger partial charge in [0.05, 0.1) is 0 Å². The van der Waals surface area contributed by atoms with Gasteiger partial charge in [-0.05, 0) is 45.1 Å². The Balaban J connectivity index is 1.56. The van der Waals surface area contributed by atoms with Crippen LogP contribution in [0.3, 0.4) is 0 Å². The molecule has 1 aromatic carbocycles. The number of benzene rings is 1. The molecular formula is C19H27NO. The highest BCUT2D eigenvalue weighted by atomic mass is 16.1. The van der Waals surface area contributed by atoms with Crippen molar-refractivity contribution in [3.8, 4) is 0 Å². The van der Waals surface area contributed by atoms with Crippen LogP contribution in [0, 0.1) is 12.8 Å². The van der Waals surface area contributed by atoms with Gasteiger partial charge in [-0.1, -0.05) is 42.7 Å². The zero-order valence-electron chi connectivity index (χ0n) is 13.2. The van der Waals surface area contributed by atoms with Crippen LogP contribution in [0.15, 0.2) is 24.3 Å². The number of ketones is 1. The standard InChI is InChI=1S/C19H27NO/c1-15-8-10-17(11-9-15)19(21)12-14-20-13-4-6-16-5-2-3-7-18(16)20/h8-11,16,18H,2-7,12-14H2,1H3/t16-,18-/m1/s1. The summed E-state index contributed by atoms with van der Waals surface area (Å²) in [4.78, 5) is 14.9. The van der Waals surface area contributed by atoms with Crippen LogP contribution < -0.4 is 0 Å². The van der Waals surface area contributed by atoms with Crippen molar-refractivity contribution in [1.29, 1.82) is 0 Å². The van der Waals surface area contributed by atoms with Gasteiger partial charge >= 0.3 is 0 Å². The molecule has 0 bridgehead atoms. The molecule has 0 unspecified atom stereocenters. The SMILES string of the molecule is Cc1ccc(C(=O)CCN2CCC[C@H]3CCCC[C@H]32)cc1. The lowest BCUT2D eigenvalue weighted by molar-refractivity contribution is 0.0575. The first kappa shape index (κ1) is 14.8. The molecule has 1 saturated carbocycles. The van der Waals surface area contributed by atoms with Crippen LogP contribution in [0.2, 0.25) is 0 Å². The number of rotatable bonds is 4. The monoisotopic (exact) mass is 285 g/mol. The maximum Gasteiger partial charge on any atom is 0.164 e. The first-order chi connectivity index (χ1) is 10.2. The van der Waals surface area contributed by atoms with Crippen molar-refractivity contribution in [1.82, 2.24) is 4.90 Å². The molecule has 0 N–H and O–H groups in total. The second-order valence-electron chi connectivity index (χ2n) is 6.83. The molecule has 1 aliphatic heterocycles. The highest BCUT2D eigenvalue weighted by Crippen LogP contribution is 2.35. The molecule has 2 nitrogen and oxygen atoms in total. The van der Waals surface area contributed by atoms with E-state index in [0.29, 0.717) is 12.2 Å². The molecule has 1 aliphatic carbocycles. The van der Waals surface area contributed by atoms with Gasteiger partial charge < -0.3 is 0 Å². The fraction of sp³-hybridized carbons (Fsp3) is 0.632. The van der Waals surface area contributed by atoms with Crippen molar-refractivity contribution < 1.29 is 4.79 Å². The van der Waals surface area contributed by atoms with Crippen LogP contribution >= 0.6 is 0 Å². The largest absolute Gasteiger partial charge is 0.300 e. The molecule has 2 fully saturated rings. The van der Waals surface area contributed by atoms with E-state index in [1.165, 1.54) is 50.6 Å². The Morgan fingerprint density at radius 1 is 1.10 bits per heavy atom. The van der Waals surface area contributed by atoms with Gasteiger partial charge in [0.15, 0.2) is 5.78 Å². The summed E-state index contributed by atoms with van der Waals surface area (Å²) in [7, 11) is 0. The molecule has 21 heavy (non-hydrogen) atoms. The predicted molar refractivity (Wildman–Crippen MR) is 86.7 cm³/mol.